The first-order valence-electron chi connectivity index (χ1n) is 7.01. The Balaban J connectivity index is 1.82. The number of amides is 1. The molecule has 2 unspecified atom stereocenters. The van der Waals surface area contributed by atoms with Crippen LogP contribution in [0.4, 0.5) is 0 Å². The molecule has 0 aromatic rings. The first-order chi connectivity index (χ1) is 8.81. The molecule has 1 aliphatic carbocycles. The van der Waals surface area contributed by atoms with E-state index < -0.39 is 0 Å². The fourth-order valence-corrected chi connectivity index (χ4v) is 5.39. The quantitative estimate of drug-likeness (QED) is 0.829. The van der Waals surface area contributed by atoms with Crippen LogP contribution in [0.1, 0.15) is 32.1 Å². The summed E-state index contributed by atoms with van der Waals surface area (Å²) in [5, 5.41) is 3.35. The van der Waals surface area contributed by atoms with Crippen LogP contribution in [0.5, 0.6) is 0 Å². The standard InChI is InChI=1S/C13H24N2OS2/c14-8-11(10-4-2-1-3-5-10)15-13(16)12-9-17-6-7-18-12/h10-12H,1-9,14H2,(H,15,16). The van der Waals surface area contributed by atoms with E-state index in [2.05, 4.69) is 5.32 Å². The first-order valence-corrected chi connectivity index (χ1v) is 9.21. The molecule has 0 aromatic carbocycles. The number of nitrogens with two attached hydrogens (primary N) is 1. The highest BCUT2D eigenvalue weighted by molar-refractivity contribution is 8.07. The van der Waals surface area contributed by atoms with E-state index in [-0.39, 0.29) is 17.2 Å². The van der Waals surface area contributed by atoms with Crippen molar-refractivity contribution in [1.82, 2.24) is 5.32 Å². The normalized spacial score (nSPS) is 27.7. The Morgan fingerprint density at radius 1 is 1.28 bits per heavy atom. The molecule has 2 atom stereocenters. The van der Waals surface area contributed by atoms with Crippen molar-refractivity contribution in [3.05, 3.63) is 0 Å². The molecule has 0 spiro atoms. The van der Waals surface area contributed by atoms with Crippen LogP contribution < -0.4 is 11.1 Å². The van der Waals surface area contributed by atoms with Gasteiger partial charge in [0.25, 0.3) is 0 Å². The van der Waals surface area contributed by atoms with Crippen LogP contribution in [0.2, 0.25) is 0 Å². The molecule has 2 rings (SSSR count). The van der Waals surface area contributed by atoms with Crippen molar-refractivity contribution in [2.24, 2.45) is 11.7 Å². The minimum atomic E-state index is 0.140. The molecular weight excluding hydrogens is 264 g/mol. The molecule has 3 N–H and O–H groups in total. The minimum Gasteiger partial charge on any atom is -0.351 e. The van der Waals surface area contributed by atoms with E-state index in [1.165, 1.54) is 37.9 Å². The average Bonchev–Trinajstić information content (AvgIpc) is 2.46. The van der Waals surface area contributed by atoms with Gasteiger partial charge >= 0.3 is 0 Å². The van der Waals surface area contributed by atoms with Crippen molar-refractivity contribution < 1.29 is 4.79 Å². The van der Waals surface area contributed by atoms with Crippen molar-refractivity contribution >= 4 is 29.4 Å². The highest BCUT2D eigenvalue weighted by atomic mass is 32.2. The van der Waals surface area contributed by atoms with Gasteiger partial charge in [0.05, 0.1) is 5.25 Å². The number of thioether (sulfide) groups is 2. The Hall–Kier alpha value is 0.130. The molecule has 1 saturated heterocycles. The second kappa shape index (κ2) is 7.65. The number of carbonyl (C=O) groups excluding carboxylic acids is 1. The largest absolute Gasteiger partial charge is 0.351 e. The average molecular weight is 288 g/mol. The van der Waals surface area contributed by atoms with E-state index in [1.54, 1.807) is 11.8 Å². The smallest absolute Gasteiger partial charge is 0.234 e. The van der Waals surface area contributed by atoms with Crippen LogP contribution >= 0.6 is 23.5 Å². The Bertz CT molecular complexity index is 264. The maximum Gasteiger partial charge on any atom is 0.234 e. The predicted octanol–water partition coefficient (Wildman–Crippen LogP) is 1.86. The predicted molar refractivity (Wildman–Crippen MR) is 81.1 cm³/mol. The second-order valence-corrected chi connectivity index (χ2v) is 7.64. The SMILES string of the molecule is NCC(NC(=O)C1CSCCS1)C1CCCCC1. The zero-order valence-electron chi connectivity index (χ0n) is 10.9. The molecule has 1 saturated carbocycles. The molecule has 5 heteroatoms. The van der Waals surface area contributed by atoms with Gasteiger partial charge in [0.2, 0.25) is 5.91 Å². The lowest BCUT2D eigenvalue weighted by Crippen LogP contribution is -2.49. The van der Waals surface area contributed by atoms with Crippen molar-refractivity contribution in [2.45, 2.75) is 43.4 Å². The van der Waals surface area contributed by atoms with Gasteiger partial charge in [-0.15, -0.1) is 11.8 Å². The minimum absolute atomic E-state index is 0.140. The third-order valence-electron chi connectivity index (χ3n) is 3.91. The third kappa shape index (κ3) is 4.07. The topological polar surface area (TPSA) is 55.1 Å². The maximum absolute atomic E-state index is 12.2. The molecule has 104 valence electrons. The first kappa shape index (κ1) is 14.5. The Morgan fingerprint density at radius 3 is 2.67 bits per heavy atom. The van der Waals surface area contributed by atoms with Gasteiger partial charge in [-0.2, -0.15) is 11.8 Å². The van der Waals surface area contributed by atoms with Crippen LogP contribution in [0, 0.1) is 5.92 Å². The molecule has 1 heterocycles. The molecule has 1 aliphatic heterocycles. The van der Waals surface area contributed by atoms with Gasteiger partial charge in [-0.3, -0.25) is 4.79 Å². The van der Waals surface area contributed by atoms with Crippen LogP contribution in [0.3, 0.4) is 0 Å². The fraction of sp³-hybridized carbons (Fsp3) is 0.923. The molecule has 0 bridgehead atoms. The summed E-state index contributed by atoms with van der Waals surface area (Å²) >= 11 is 3.69. The van der Waals surface area contributed by atoms with Gasteiger partial charge in [-0.25, -0.2) is 0 Å². The number of hydrogen-bond acceptors (Lipinski definition) is 4. The number of hydrogen-bond donors (Lipinski definition) is 2. The zero-order valence-corrected chi connectivity index (χ0v) is 12.5. The Labute approximate surface area is 118 Å². The summed E-state index contributed by atoms with van der Waals surface area (Å²) in [7, 11) is 0. The molecule has 1 amide bonds. The van der Waals surface area contributed by atoms with E-state index in [1.807, 2.05) is 11.8 Å². The lowest BCUT2D eigenvalue weighted by atomic mass is 9.84. The fourth-order valence-electron chi connectivity index (χ4n) is 2.82. The van der Waals surface area contributed by atoms with Crippen molar-refractivity contribution in [3.63, 3.8) is 0 Å². The van der Waals surface area contributed by atoms with E-state index in [0.717, 1.165) is 11.5 Å². The summed E-state index contributed by atoms with van der Waals surface area (Å²) < 4.78 is 0. The zero-order chi connectivity index (χ0) is 12.8. The Morgan fingerprint density at radius 2 is 2.06 bits per heavy atom. The van der Waals surface area contributed by atoms with E-state index in [0.29, 0.717) is 12.5 Å². The van der Waals surface area contributed by atoms with Gasteiger partial charge < -0.3 is 11.1 Å². The monoisotopic (exact) mass is 288 g/mol. The van der Waals surface area contributed by atoms with Gasteiger partial charge in [0.15, 0.2) is 0 Å². The summed E-state index contributed by atoms with van der Waals surface area (Å²) in [5.74, 6) is 4.05. The summed E-state index contributed by atoms with van der Waals surface area (Å²) in [4.78, 5) is 12.2. The molecule has 2 fully saturated rings. The van der Waals surface area contributed by atoms with Gasteiger partial charge in [0, 0.05) is 29.8 Å². The molecule has 3 nitrogen and oxygen atoms in total. The number of rotatable bonds is 4. The second-order valence-electron chi connectivity index (χ2n) is 5.18. The van der Waals surface area contributed by atoms with Crippen LogP contribution in [0.25, 0.3) is 0 Å². The lowest BCUT2D eigenvalue weighted by molar-refractivity contribution is -0.121. The van der Waals surface area contributed by atoms with Gasteiger partial charge in [-0.05, 0) is 18.8 Å². The van der Waals surface area contributed by atoms with Crippen LogP contribution in [-0.4, -0.2) is 41.0 Å². The van der Waals surface area contributed by atoms with Crippen molar-refractivity contribution in [3.8, 4) is 0 Å². The van der Waals surface area contributed by atoms with Gasteiger partial charge in [0.1, 0.15) is 0 Å². The maximum atomic E-state index is 12.2. The molecule has 0 aromatic heterocycles. The summed E-state index contributed by atoms with van der Waals surface area (Å²) in [6, 6.07) is 0.199. The molecule has 0 radical (unpaired) electrons. The highest BCUT2D eigenvalue weighted by Crippen LogP contribution is 2.27. The molecular formula is C13H24N2OS2. The summed E-state index contributed by atoms with van der Waals surface area (Å²) in [6.07, 6.45) is 6.40. The van der Waals surface area contributed by atoms with Crippen LogP contribution in [0.15, 0.2) is 0 Å². The Kier molecular flexibility index (Phi) is 6.18. The molecule has 18 heavy (non-hydrogen) atoms. The van der Waals surface area contributed by atoms with E-state index in [9.17, 15) is 4.79 Å². The van der Waals surface area contributed by atoms with Gasteiger partial charge in [-0.1, -0.05) is 19.3 Å². The summed E-state index contributed by atoms with van der Waals surface area (Å²) in [5.41, 5.74) is 5.85. The number of carbonyl (C=O) groups is 1. The highest BCUT2D eigenvalue weighted by Gasteiger charge is 2.28. The van der Waals surface area contributed by atoms with Crippen molar-refractivity contribution in [2.75, 3.05) is 23.8 Å². The third-order valence-corrected chi connectivity index (χ3v) is 6.66. The van der Waals surface area contributed by atoms with Crippen LogP contribution in [-0.2, 0) is 4.79 Å². The lowest BCUT2D eigenvalue weighted by Gasteiger charge is -2.31. The molecule has 2 aliphatic rings. The number of nitrogens with one attached hydrogen (secondary N) is 1. The van der Waals surface area contributed by atoms with E-state index in [4.69, 9.17) is 5.73 Å². The van der Waals surface area contributed by atoms with Crippen molar-refractivity contribution in [1.29, 1.82) is 0 Å². The van der Waals surface area contributed by atoms with E-state index >= 15 is 0 Å². The summed E-state index contributed by atoms with van der Waals surface area (Å²) in [6.45, 7) is 0.584.